The smallest absolute Gasteiger partial charge is 0.0894 e. The number of hydrogen-bond acceptors (Lipinski definition) is 1. The molecule has 0 aliphatic carbocycles. The Bertz CT molecular complexity index is 482. The van der Waals surface area contributed by atoms with Crippen LogP contribution in [0.4, 0.5) is 4.39 Å². The second-order valence-corrected chi connectivity index (χ2v) is 6.84. The molecule has 2 heteroatoms. The summed E-state index contributed by atoms with van der Waals surface area (Å²) in [5.74, 6) is 0. The van der Waals surface area contributed by atoms with Gasteiger partial charge in [0.2, 0.25) is 0 Å². The molecule has 3 rings (SSSR count). The summed E-state index contributed by atoms with van der Waals surface area (Å²) in [6.45, 7) is 0.928. The highest BCUT2D eigenvalue weighted by molar-refractivity contribution is 5.20. The Labute approximate surface area is 134 Å². The maximum atomic E-state index is 12.2. The number of benzene rings is 1. The fraction of sp³-hybridized carbons (Fsp3) is 0.600. The first kappa shape index (κ1) is 15.7. The van der Waals surface area contributed by atoms with E-state index in [0.29, 0.717) is 6.04 Å². The average Bonchev–Trinajstić information content (AvgIpc) is 2.53. The fourth-order valence-electron chi connectivity index (χ4n) is 4.06. The minimum absolute atomic E-state index is 0.158. The Morgan fingerprint density at radius 2 is 1.91 bits per heavy atom. The minimum atomic E-state index is -0.158. The summed E-state index contributed by atoms with van der Waals surface area (Å²) in [4.78, 5) is 2.71. The molecule has 0 amide bonds. The van der Waals surface area contributed by atoms with Gasteiger partial charge in [0.05, 0.1) is 6.67 Å². The predicted molar refractivity (Wildman–Crippen MR) is 90.6 cm³/mol. The molecule has 2 atom stereocenters. The van der Waals surface area contributed by atoms with Gasteiger partial charge in [-0.1, -0.05) is 54.8 Å². The summed E-state index contributed by atoms with van der Waals surface area (Å²) >= 11 is 0. The van der Waals surface area contributed by atoms with Crippen molar-refractivity contribution >= 4 is 0 Å². The Balaban J connectivity index is 1.61. The van der Waals surface area contributed by atoms with Crippen LogP contribution in [0.1, 0.15) is 56.9 Å². The maximum Gasteiger partial charge on any atom is 0.0894 e. The number of nitrogens with zero attached hydrogens (tertiary/aromatic N) is 1. The van der Waals surface area contributed by atoms with Gasteiger partial charge in [0.15, 0.2) is 0 Å². The Morgan fingerprint density at radius 1 is 1.05 bits per heavy atom. The molecule has 1 aromatic carbocycles. The lowest BCUT2D eigenvalue weighted by Gasteiger charge is -2.45. The van der Waals surface area contributed by atoms with Crippen LogP contribution in [0, 0.1) is 0 Å². The lowest BCUT2D eigenvalue weighted by atomic mass is 9.83. The van der Waals surface area contributed by atoms with Crippen molar-refractivity contribution in [2.45, 2.75) is 70.0 Å². The van der Waals surface area contributed by atoms with Crippen molar-refractivity contribution in [1.82, 2.24) is 4.90 Å². The molecule has 0 spiro atoms. The third kappa shape index (κ3) is 3.98. The molecule has 2 aliphatic rings. The van der Waals surface area contributed by atoms with Gasteiger partial charge >= 0.3 is 0 Å². The molecule has 2 heterocycles. The summed E-state index contributed by atoms with van der Waals surface area (Å²) in [6.07, 6.45) is 11.9. The van der Waals surface area contributed by atoms with Crippen LogP contribution in [-0.4, -0.2) is 23.7 Å². The zero-order valence-corrected chi connectivity index (χ0v) is 13.5. The van der Waals surface area contributed by atoms with E-state index in [1.165, 1.54) is 37.7 Å². The van der Waals surface area contributed by atoms with E-state index < -0.39 is 0 Å². The summed E-state index contributed by atoms with van der Waals surface area (Å²) in [5.41, 5.74) is 3.07. The van der Waals surface area contributed by atoms with Gasteiger partial charge in [-0.05, 0) is 44.1 Å². The number of rotatable bonds is 7. The van der Waals surface area contributed by atoms with Gasteiger partial charge in [-0.15, -0.1) is 0 Å². The molecule has 1 fully saturated rings. The van der Waals surface area contributed by atoms with E-state index in [1.54, 1.807) is 5.57 Å². The van der Waals surface area contributed by atoms with Gasteiger partial charge in [0.1, 0.15) is 0 Å². The van der Waals surface area contributed by atoms with E-state index in [2.05, 4.69) is 41.3 Å². The first-order valence-electron chi connectivity index (χ1n) is 8.92. The molecule has 2 aliphatic heterocycles. The molecule has 1 aromatic rings. The number of fused-ring (bicyclic) bond motifs is 2. The quantitative estimate of drug-likeness (QED) is 0.490. The van der Waals surface area contributed by atoms with Crippen LogP contribution in [0.3, 0.4) is 0 Å². The van der Waals surface area contributed by atoms with E-state index in [9.17, 15) is 4.39 Å². The van der Waals surface area contributed by atoms with Crippen LogP contribution in [-0.2, 0) is 6.54 Å². The lowest BCUT2D eigenvalue weighted by molar-refractivity contribution is 0.0876. The van der Waals surface area contributed by atoms with Gasteiger partial charge in [-0.25, -0.2) is 0 Å². The van der Waals surface area contributed by atoms with Crippen molar-refractivity contribution in [3.63, 3.8) is 0 Å². The van der Waals surface area contributed by atoms with Crippen molar-refractivity contribution in [3.8, 4) is 0 Å². The van der Waals surface area contributed by atoms with Gasteiger partial charge in [-0.3, -0.25) is 9.29 Å². The highest BCUT2D eigenvalue weighted by Gasteiger charge is 2.33. The van der Waals surface area contributed by atoms with Crippen LogP contribution in [0.5, 0.6) is 0 Å². The van der Waals surface area contributed by atoms with E-state index in [1.807, 2.05) is 0 Å². The average molecular weight is 301 g/mol. The Morgan fingerprint density at radius 3 is 2.68 bits per heavy atom. The molecule has 0 N–H and O–H groups in total. The highest BCUT2D eigenvalue weighted by atomic mass is 19.1. The summed E-state index contributed by atoms with van der Waals surface area (Å²) in [7, 11) is 0. The first-order chi connectivity index (χ1) is 10.9. The van der Waals surface area contributed by atoms with Crippen LogP contribution in [0.25, 0.3) is 0 Å². The number of hydrogen-bond donors (Lipinski definition) is 0. The molecule has 120 valence electrons. The van der Waals surface area contributed by atoms with Gasteiger partial charge in [0, 0.05) is 18.6 Å². The fourth-order valence-corrected chi connectivity index (χ4v) is 4.06. The number of halogens is 1. The van der Waals surface area contributed by atoms with E-state index in [4.69, 9.17) is 0 Å². The molecule has 0 saturated carbocycles. The molecule has 2 unspecified atom stereocenters. The topological polar surface area (TPSA) is 3.24 Å². The summed E-state index contributed by atoms with van der Waals surface area (Å²) in [6, 6.07) is 12.2. The van der Waals surface area contributed by atoms with Crippen LogP contribution < -0.4 is 0 Å². The number of unbranched alkanes of at least 4 members (excludes halogenated alkanes) is 2. The number of piperidine rings is 1. The van der Waals surface area contributed by atoms with E-state index in [0.717, 1.165) is 31.8 Å². The Hall–Kier alpha value is -1.15. The monoisotopic (exact) mass is 301 g/mol. The highest BCUT2D eigenvalue weighted by Crippen LogP contribution is 2.35. The molecule has 0 radical (unpaired) electrons. The van der Waals surface area contributed by atoms with Crippen LogP contribution >= 0.6 is 0 Å². The van der Waals surface area contributed by atoms with Crippen molar-refractivity contribution in [3.05, 3.63) is 47.5 Å². The van der Waals surface area contributed by atoms with Crippen molar-refractivity contribution < 1.29 is 4.39 Å². The standard InChI is InChI=1S/C20H28FN/c21-13-6-2-5-10-18-14-19-11-7-12-20(15-18)22(19)16-17-8-3-1-4-9-17/h1,3-4,8-9,14,19-20H,2,5-7,10-13,15-16H2. The number of alkyl halides is 1. The zero-order valence-electron chi connectivity index (χ0n) is 13.5. The van der Waals surface area contributed by atoms with Crippen LogP contribution in [0.15, 0.2) is 42.0 Å². The van der Waals surface area contributed by atoms with Gasteiger partial charge in [-0.2, -0.15) is 0 Å². The van der Waals surface area contributed by atoms with Crippen molar-refractivity contribution in [1.29, 1.82) is 0 Å². The van der Waals surface area contributed by atoms with Gasteiger partial charge < -0.3 is 0 Å². The maximum absolute atomic E-state index is 12.2. The molecule has 1 nitrogen and oxygen atoms in total. The Kier molecular flexibility index (Phi) is 5.66. The van der Waals surface area contributed by atoms with E-state index >= 15 is 0 Å². The SMILES string of the molecule is FCCCCCC1=CC2CCCC(C1)N2Cc1ccccc1. The second kappa shape index (κ2) is 7.92. The zero-order chi connectivity index (χ0) is 15.2. The summed E-state index contributed by atoms with van der Waals surface area (Å²) < 4.78 is 12.2. The van der Waals surface area contributed by atoms with E-state index in [-0.39, 0.29) is 6.67 Å². The minimum Gasteiger partial charge on any atom is -0.289 e. The van der Waals surface area contributed by atoms with Crippen LogP contribution in [0.2, 0.25) is 0 Å². The summed E-state index contributed by atoms with van der Waals surface area (Å²) in [5, 5.41) is 0. The van der Waals surface area contributed by atoms with Crippen molar-refractivity contribution in [2.24, 2.45) is 0 Å². The van der Waals surface area contributed by atoms with Crippen molar-refractivity contribution in [2.75, 3.05) is 6.67 Å². The first-order valence-corrected chi connectivity index (χ1v) is 8.92. The molecule has 1 saturated heterocycles. The largest absolute Gasteiger partial charge is 0.289 e. The molecular formula is C20H28FN. The molecule has 2 bridgehead atoms. The third-order valence-electron chi connectivity index (χ3n) is 5.20. The predicted octanol–water partition coefficient (Wildman–Crippen LogP) is 5.27. The second-order valence-electron chi connectivity index (χ2n) is 6.84. The van der Waals surface area contributed by atoms with Gasteiger partial charge in [0.25, 0.3) is 0 Å². The normalized spacial score (nSPS) is 25.0. The third-order valence-corrected chi connectivity index (χ3v) is 5.20. The molecule has 22 heavy (non-hydrogen) atoms. The lowest BCUT2D eigenvalue weighted by Crippen LogP contribution is -2.47. The molecule has 0 aromatic heterocycles. The molecular weight excluding hydrogens is 273 g/mol.